The minimum Gasteiger partial charge on any atom is -0.308 e. The van der Waals surface area contributed by atoms with E-state index in [0.29, 0.717) is 0 Å². The molecular formula is C25H18BrNS. The van der Waals surface area contributed by atoms with E-state index in [9.17, 15) is 0 Å². The number of para-hydroxylation sites is 1. The standard InChI is InChI=1S/C25H18BrNS/c1-25(2)19-9-5-3-7-16(19)17-12-11-15(13-20(17)25)27-21-10-6-4-8-18(21)24-22(27)14-23(26)28-24/h3-14H,1-2H3. The van der Waals surface area contributed by atoms with Gasteiger partial charge in [0.05, 0.1) is 19.5 Å². The fourth-order valence-electron chi connectivity index (χ4n) is 4.81. The second kappa shape index (κ2) is 5.59. The van der Waals surface area contributed by atoms with Gasteiger partial charge < -0.3 is 4.57 Å². The van der Waals surface area contributed by atoms with E-state index in [1.54, 1.807) is 0 Å². The number of halogens is 1. The molecule has 2 heterocycles. The minimum atomic E-state index is 0.0131. The van der Waals surface area contributed by atoms with E-state index in [-0.39, 0.29) is 5.41 Å². The van der Waals surface area contributed by atoms with Gasteiger partial charge in [-0.15, -0.1) is 11.3 Å². The number of fused-ring (bicyclic) bond motifs is 6. The van der Waals surface area contributed by atoms with Crippen LogP contribution in [-0.2, 0) is 5.41 Å². The van der Waals surface area contributed by atoms with Gasteiger partial charge in [0.1, 0.15) is 0 Å². The van der Waals surface area contributed by atoms with Gasteiger partial charge in [0.2, 0.25) is 0 Å². The van der Waals surface area contributed by atoms with Gasteiger partial charge in [0, 0.05) is 16.5 Å². The molecule has 1 aliphatic rings. The lowest BCUT2D eigenvalue weighted by atomic mass is 9.82. The van der Waals surface area contributed by atoms with E-state index in [2.05, 4.69) is 107 Å². The van der Waals surface area contributed by atoms with E-state index in [0.717, 1.165) is 0 Å². The highest BCUT2D eigenvalue weighted by molar-refractivity contribution is 9.11. The Bertz CT molecular complexity index is 1400. The Kier molecular flexibility index (Phi) is 3.31. The van der Waals surface area contributed by atoms with Gasteiger partial charge >= 0.3 is 0 Å². The first-order valence-corrected chi connectivity index (χ1v) is 11.1. The van der Waals surface area contributed by atoms with Crippen molar-refractivity contribution in [2.45, 2.75) is 19.3 Å². The van der Waals surface area contributed by atoms with Gasteiger partial charge in [-0.2, -0.15) is 0 Å². The zero-order valence-corrected chi connectivity index (χ0v) is 18.1. The fourth-order valence-corrected chi connectivity index (χ4v) is 6.42. The van der Waals surface area contributed by atoms with Crippen LogP contribution < -0.4 is 0 Å². The molecule has 5 aromatic rings. The molecule has 6 rings (SSSR count). The van der Waals surface area contributed by atoms with Crippen LogP contribution in [-0.4, -0.2) is 4.57 Å². The Hall–Kier alpha value is -2.36. The molecule has 1 aliphatic carbocycles. The minimum absolute atomic E-state index is 0.0131. The van der Waals surface area contributed by atoms with Crippen LogP contribution in [0.4, 0.5) is 0 Å². The zero-order valence-electron chi connectivity index (χ0n) is 15.7. The summed E-state index contributed by atoms with van der Waals surface area (Å²) in [6, 6.07) is 26.7. The molecule has 136 valence electrons. The lowest BCUT2D eigenvalue weighted by Crippen LogP contribution is -2.15. The monoisotopic (exact) mass is 443 g/mol. The lowest BCUT2D eigenvalue weighted by Gasteiger charge is -2.22. The highest BCUT2D eigenvalue weighted by Gasteiger charge is 2.35. The molecule has 0 aliphatic heterocycles. The van der Waals surface area contributed by atoms with Crippen molar-refractivity contribution in [3.05, 3.63) is 87.7 Å². The molecule has 0 saturated carbocycles. The summed E-state index contributed by atoms with van der Waals surface area (Å²) in [5, 5.41) is 1.32. The lowest BCUT2D eigenvalue weighted by molar-refractivity contribution is 0.660. The zero-order chi connectivity index (χ0) is 19.0. The highest BCUT2D eigenvalue weighted by Crippen LogP contribution is 2.49. The van der Waals surface area contributed by atoms with Crippen LogP contribution >= 0.6 is 27.3 Å². The summed E-state index contributed by atoms with van der Waals surface area (Å²) >= 11 is 5.50. The number of thiophene rings is 1. The van der Waals surface area contributed by atoms with Gasteiger partial charge in [-0.05, 0) is 62.4 Å². The molecule has 0 bridgehead atoms. The number of nitrogens with zero attached hydrogens (tertiary/aromatic N) is 1. The van der Waals surface area contributed by atoms with Gasteiger partial charge in [0.25, 0.3) is 0 Å². The van der Waals surface area contributed by atoms with E-state index >= 15 is 0 Å². The molecule has 1 nitrogen and oxygen atoms in total. The first kappa shape index (κ1) is 16.6. The first-order chi connectivity index (χ1) is 13.6. The fraction of sp³-hybridized carbons (Fsp3) is 0.120. The van der Waals surface area contributed by atoms with Crippen molar-refractivity contribution in [1.82, 2.24) is 4.57 Å². The van der Waals surface area contributed by atoms with Gasteiger partial charge in [-0.3, -0.25) is 0 Å². The molecule has 0 radical (unpaired) electrons. The van der Waals surface area contributed by atoms with Gasteiger partial charge in [-0.25, -0.2) is 0 Å². The van der Waals surface area contributed by atoms with E-state index in [1.807, 2.05) is 11.3 Å². The molecule has 0 N–H and O–H groups in total. The molecule has 28 heavy (non-hydrogen) atoms. The van der Waals surface area contributed by atoms with Crippen molar-refractivity contribution >= 4 is 48.4 Å². The largest absolute Gasteiger partial charge is 0.308 e. The SMILES string of the molecule is CC1(C)c2ccccc2-c2ccc(-n3c4ccccc4c4sc(Br)cc43)cc21. The molecule has 0 atom stereocenters. The Morgan fingerprint density at radius 2 is 1.54 bits per heavy atom. The topological polar surface area (TPSA) is 4.93 Å². The second-order valence-electron chi connectivity index (χ2n) is 8.02. The molecule has 0 unspecified atom stereocenters. The number of hydrogen-bond donors (Lipinski definition) is 0. The number of benzene rings is 3. The highest BCUT2D eigenvalue weighted by atomic mass is 79.9. The van der Waals surface area contributed by atoms with Gasteiger partial charge in [-0.1, -0.05) is 62.4 Å². The van der Waals surface area contributed by atoms with Crippen molar-refractivity contribution in [3.8, 4) is 16.8 Å². The number of hydrogen-bond acceptors (Lipinski definition) is 1. The third kappa shape index (κ3) is 2.06. The maximum absolute atomic E-state index is 3.69. The third-order valence-electron chi connectivity index (χ3n) is 6.14. The predicted octanol–water partition coefficient (Wildman–Crippen LogP) is 7.91. The van der Waals surface area contributed by atoms with Crippen molar-refractivity contribution in [2.24, 2.45) is 0 Å². The Labute approximate surface area is 176 Å². The Morgan fingerprint density at radius 1 is 0.786 bits per heavy atom. The first-order valence-electron chi connectivity index (χ1n) is 9.49. The Balaban J connectivity index is 1.67. The summed E-state index contributed by atoms with van der Waals surface area (Å²) < 4.78 is 4.92. The summed E-state index contributed by atoms with van der Waals surface area (Å²) in [6.07, 6.45) is 0. The summed E-state index contributed by atoms with van der Waals surface area (Å²) in [7, 11) is 0. The summed E-state index contributed by atoms with van der Waals surface area (Å²) in [6.45, 7) is 4.68. The molecule has 3 heteroatoms. The summed E-state index contributed by atoms with van der Waals surface area (Å²) in [4.78, 5) is 0. The van der Waals surface area contributed by atoms with Crippen molar-refractivity contribution in [3.63, 3.8) is 0 Å². The third-order valence-corrected chi connectivity index (χ3v) is 7.80. The van der Waals surface area contributed by atoms with Crippen LogP contribution in [0.15, 0.2) is 76.6 Å². The summed E-state index contributed by atoms with van der Waals surface area (Å²) in [5.41, 5.74) is 9.35. The Morgan fingerprint density at radius 3 is 2.43 bits per heavy atom. The van der Waals surface area contributed by atoms with Crippen LogP contribution in [0.3, 0.4) is 0 Å². The van der Waals surface area contributed by atoms with Crippen LogP contribution in [0.1, 0.15) is 25.0 Å². The maximum atomic E-state index is 3.69. The number of rotatable bonds is 1. The van der Waals surface area contributed by atoms with Crippen LogP contribution in [0.2, 0.25) is 0 Å². The van der Waals surface area contributed by atoms with E-state index in [4.69, 9.17) is 0 Å². The quantitative estimate of drug-likeness (QED) is 0.248. The molecular weight excluding hydrogens is 426 g/mol. The van der Waals surface area contributed by atoms with Crippen molar-refractivity contribution in [2.75, 3.05) is 0 Å². The number of aromatic nitrogens is 1. The van der Waals surface area contributed by atoms with E-state index in [1.165, 1.54) is 52.8 Å². The average molecular weight is 444 g/mol. The molecule has 0 spiro atoms. The summed E-state index contributed by atoms with van der Waals surface area (Å²) in [5.74, 6) is 0. The molecule has 0 saturated heterocycles. The van der Waals surface area contributed by atoms with Gasteiger partial charge in [0.15, 0.2) is 0 Å². The maximum Gasteiger partial charge on any atom is 0.0726 e. The van der Waals surface area contributed by atoms with Crippen molar-refractivity contribution in [1.29, 1.82) is 0 Å². The second-order valence-corrected chi connectivity index (χ2v) is 10.4. The van der Waals surface area contributed by atoms with Crippen LogP contribution in [0, 0.1) is 0 Å². The normalized spacial score (nSPS) is 14.5. The molecule has 3 aromatic carbocycles. The molecule has 0 fully saturated rings. The van der Waals surface area contributed by atoms with Crippen molar-refractivity contribution < 1.29 is 0 Å². The van der Waals surface area contributed by atoms with E-state index < -0.39 is 0 Å². The molecule has 0 amide bonds. The van der Waals surface area contributed by atoms with Crippen LogP contribution in [0.25, 0.3) is 37.9 Å². The smallest absolute Gasteiger partial charge is 0.0726 e. The molecule has 2 aromatic heterocycles. The predicted molar refractivity (Wildman–Crippen MR) is 124 cm³/mol. The average Bonchev–Trinajstić information content (AvgIpc) is 3.29. The van der Waals surface area contributed by atoms with Crippen LogP contribution in [0.5, 0.6) is 0 Å².